The van der Waals surface area contributed by atoms with Crippen molar-refractivity contribution in [3.8, 4) is 11.1 Å². The Kier molecular flexibility index (Phi) is 8.13. The first-order valence-electron chi connectivity index (χ1n) is 11.8. The molecular formula is C27H30N2O5S. The second-order valence-electron chi connectivity index (χ2n) is 8.85. The number of carbonyl (C=O) groups is 3. The van der Waals surface area contributed by atoms with Gasteiger partial charge in [0.1, 0.15) is 12.6 Å². The molecule has 2 aliphatic rings. The number of aliphatic carboxylic acids is 1. The highest BCUT2D eigenvalue weighted by Gasteiger charge is 2.31. The van der Waals surface area contributed by atoms with E-state index in [0.717, 1.165) is 22.3 Å². The molecule has 2 aliphatic carbocycles. The number of ether oxygens (including phenoxy) is 1. The van der Waals surface area contributed by atoms with Gasteiger partial charge in [0.05, 0.1) is 5.92 Å². The number of alkyl carbamates (subject to hydrolysis) is 1. The molecule has 0 unspecified atom stereocenters. The maximum absolute atomic E-state index is 12.9. The molecule has 8 heteroatoms. The molecular weight excluding hydrogens is 464 g/mol. The van der Waals surface area contributed by atoms with Gasteiger partial charge in [0.25, 0.3) is 0 Å². The van der Waals surface area contributed by atoms with Crippen LogP contribution in [0.5, 0.6) is 0 Å². The molecule has 0 bridgehead atoms. The number of fused-ring (bicyclic) bond motifs is 3. The van der Waals surface area contributed by atoms with E-state index in [9.17, 15) is 19.5 Å². The minimum Gasteiger partial charge on any atom is -0.481 e. The monoisotopic (exact) mass is 494 g/mol. The van der Waals surface area contributed by atoms with Crippen LogP contribution >= 0.6 is 11.8 Å². The molecule has 0 saturated heterocycles. The van der Waals surface area contributed by atoms with Gasteiger partial charge in [-0.15, -0.1) is 0 Å². The van der Waals surface area contributed by atoms with Gasteiger partial charge in [0.15, 0.2) is 0 Å². The molecule has 4 rings (SSSR count). The summed E-state index contributed by atoms with van der Waals surface area (Å²) >= 11 is 1.58. The Bertz CT molecular complexity index is 1070. The average Bonchev–Trinajstić information content (AvgIpc) is 3.19. The van der Waals surface area contributed by atoms with E-state index in [2.05, 4.69) is 34.9 Å². The van der Waals surface area contributed by atoms with E-state index in [1.54, 1.807) is 17.8 Å². The summed E-state index contributed by atoms with van der Waals surface area (Å²) in [4.78, 5) is 37.0. The zero-order valence-corrected chi connectivity index (χ0v) is 20.4. The summed E-state index contributed by atoms with van der Waals surface area (Å²) in [6, 6.07) is 15.1. The van der Waals surface area contributed by atoms with E-state index in [1.165, 1.54) is 0 Å². The predicted molar refractivity (Wildman–Crippen MR) is 136 cm³/mol. The molecule has 3 atom stereocenters. The summed E-state index contributed by atoms with van der Waals surface area (Å²) in [6.45, 7) is 0.169. The smallest absolute Gasteiger partial charge is 0.407 e. The van der Waals surface area contributed by atoms with Crippen LogP contribution in [-0.2, 0) is 14.3 Å². The fraction of sp³-hybridized carbons (Fsp3) is 0.370. The number of hydrogen-bond donors (Lipinski definition) is 3. The van der Waals surface area contributed by atoms with Gasteiger partial charge in [-0.2, -0.15) is 11.8 Å². The van der Waals surface area contributed by atoms with Gasteiger partial charge in [0, 0.05) is 12.0 Å². The van der Waals surface area contributed by atoms with Crippen molar-refractivity contribution in [3.63, 3.8) is 0 Å². The Morgan fingerprint density at radius 1 is 1.09 bits per heavy atom. The summed E-state index contributed by atoms with van der Waals surface area (Å²) in [5, 5.41) is 14.9. The molecule has 0 saturated carbocycles. The molecule has 3 N–H and O–H groups in total. The van der Waals surface area contributed by atoms with Crippen molar-refractivity contribution in [2.45, 2.75) is 37.3 Å². The standard InChI is InChI=1S/C27H30N2O5S/c1-35-14-13-24(25(30)28-18-8-6-7-17(15-18)26(31)32)29-27(33)34-16-23-21-11-4-2-9-19(21)20-10-3-5-12-22(20)23/h2-6,8-12,17-18,23-24H,7,13-16H2,1H3,(H,28,30)(H,29,33)(H,31,32)/t17-,18-,24-/m0/s1. The first kappa shape index (κ1) is 24.9. The van der Waals surface area contributed by atoms with Crippen LogP contribution in [0.3, 0.4) is 0 Å². The topological polar surface area (TPSA) is 105 Å². The third-order valence-electron chi connectivity index (χ3n) is 6.57. The fourth-order valence-electron chi connectivity index (χ4n) is 4.77. The second-order valence-corrected chi connectivity index (χ2v) is 9.84. The first-order chi connectivity index (χ1) is 17.0. The number of carboxylic acid groups (broad SMARTS) is 1. The van der Waals surface area contributed by atoms with Gasteiger partial charge in [-0.3, -0.25) is 9.59 Å². The van der Waals surface area contributed by atoms with E-state index < -0.39 is 24.0 Å². The van der Waals surface area contributed by atoms with Crippen LogP contribution in [0.1, 0.15) is 36.3 Å². The van der Waals surface area contributed by atoms with E-state index >= 15 is 0 Å². The van der Waals surface area contributed by atoms with Gasteiger partial charge in [-0.25, -0.2) is 4.79 Å². The Balaban J connectivity index is 1.37. The van der Waals surface area contributed by atoms with Crippen molar-refractivity contribution in [2.24, 2.45) is 5.92 Å². The maximum Gasteiger partial charge on any atom is 0.407 e. The summed E-state index contributed by atoms with van der Waals surface area (Å²) in [5.74, 6) is -1.12. The third-order valence-corrected chi connectivity index (χ3v) is 7.21. The SMILES string of the molecule is CSCC[C@H](NC(=O)OCC1c2ccccc2-c2ccccc21)C(=O)N[C@H]1C=CC[C@H](C(=O)O)C1. The molecule has 2 amide bonds. The van der Waals surface area contributed by atoms with Crippen molar-refractivity contribution < 1.29 is 24.2 Å². The number of benzene rings is 2. The number of carbonyl (C=O) groups excluding carboxylic acids is 2. The van der Waals surface area contributed by atoms with Crippen LogP contribution in [-0.4, -0.2) is 53.8 Å². The van der Waals surface area contributed by atoms with Crippen molar-refractivity contribution >= 4 is 29.7 Å². The summed E-state index contributed by atoms with van der Waals surface area (Å²) in [5.41, 5.74) is 4.54. The lowest BCUT2D eigenvalue weighted by molar-refractivity contribution is -0.142. The minimum atomic E-state index is -0.871. The molecule has 184 valence electrons. The van der Waals surface area contributed by atoms with E-state index in [0.29, 0.717) is 25.0 Å². The van der Waals surface area contributed by atoms with Crippen LogP contribution in [0.4, 0.5) is 4.79 Å². The third kappa shape index (κ3) is 5.88. The Hall–Kier alpha value is -3.26. The van der Waals surface area contributed by atoms with Crippen molar-refractivity contribution in [1.82, 2.24) is 10.6 Å². The molecule has 0 radical (unpaired) electrons. The molecule has 0 aromatic heterocycles. The number of allylic oxidation sites excluding steroid dienone is 1. The van der Waals surface area contributed by atoms with Crippen LogP contribution in [0, 0.1) is 5.92 Å². The molecule has 0 fully saturated rings. The van der Waals surface area contributed by atoms with Gasteiger partial charge < -0.3 is 20.5 Å². The highest BCUT2D eigenvalue weighted by Crippen LogP contribution is 2.44. The first-order valence-corrected chi connectivity index (χ1v) is 13.2. The van der Waals surface area contributed by atoms with Crippen LogP contribution in [0.15, 0.2) is 60.7 Å². The van der Waals surface area contributed by atoms with Crippen molar-refractivity contribution in [2.75, 3.05) is 18.6 Å². The van der Waals surface area contributed by atoms with Gasteiger partial charge in [-0.1, -0.05) is 60.7 Å². The molecule has 7 nitrogen and oxygen atoms in total. The minimum absolute atomic E-state index is 0.0630. The molecule has 0 spiro atoms. The zero-order chi connectivity index (χ0) is 24.8. The quantitative estimate of drug-likeness (QED) is 0.452. The van der Waals surface area contributed by atoms with Crippen LogP contribution < -0.4 is 10.6 Å². The van der Waals surface area contributed by atoms with E-state index in [4.69, 9.17) is 4.74 Å². The number of rotatable bonds is 9. The van der Waals surface area contributed by atoms with E-state index in [-0.39, 0.29) is 24.5 Å². The average molecular weight is 495 g/mol. The lowest BCUT2D eigenvalue weighted by atomic mass is 9.91. The predicted octanol–water partition coefficient (Wildman–Crippen LogP) is 4.18. The summed E-state index contributed by atoms with van der Waals surface area (Å²) < 4.78 is 5.61. The lowest BCUT2D eigenvalue weighted by Gasteiger charge is -2.25. The highest BCUT2D eigenvalue weighted by molar-refractivity contribution is 7.98. The Morgan fingerprint density at radius 2 is 1.74 bits per heavy atom. The van der Waals surface area contributed by atoms with Gasteiger partial charge in [0.2, 0.25) is 5.91 Å². The summed E-state index contributed by atoms with van der Waals surface area (Å²) in [7, 11) is 0. The van der Waals surface area contributed by atoms with Gasteiger partial charge in [-0.05, 0) is 53.5 Å². The number of carboxylic acids is 1. The number of hydrogen-bond acceptors (Lipinski definition) is 5. The molecule has 0 aliphatic heterocycles. The number of thioether (sulfide) groups is 1. The largest absolute Gasteiger partial charge is 0.481 e. The van der Waals surface area contributed by atoms with Crippen LogP contribution in [0.25, 0.3) is 11.1 Å². The molecule has 2 aromatic rings. The lowest BCUT2D eigenvalue weighted by Crippen LogP contribution is -2.50. The molecule has 2 aromatic carbocycles. The van der Waals surface area contributed by atoms with Crippen LogP contribution in [0.2, 0.25) is 0 Å². The Labute approximate surface area is 209 Å². The van der Waals surface area contributed by atoms with Gasteiger partial charge >= 0.3 is 12.1 Å². The normalized spacial score (nSPS) is 19.3. The highest BCUT2D eigenvalue weighted by atomic mass is 32.2. The molecule has 0 heterocycles. The Morgan fingerprint density at radius 3 is 2.37 bits per heavy atom. The van der Waals surface area contributed by atoms with Crippen molar-refractivity contribution in [3.05, 3.63) is 71.8 Å². The van der Waals surface area contributed by atoms with Crippen molar-refractivity contribution in [1.29, 1.82) is 0 Å². The zero-order valence-electron chi connectivity index (χ0n) is 19.6. The number of amides is 2. The second kappa shape index (κ2) is 11.4. The fourth-order valence-corrected chi connectivity index (χ4v) is 5.24. The summed E-state index contributed by atoms with van der Waals surface area (Å²) in [6.07, 6.45) is 6.11. The molecule has 35 heavy (non-hydrogen) atoms. The van der Waals surface area contributed by atoms with E-state index in [1.807, 2.05) is 36.6 Å². The maximum atomic E-state index is 12.9. The number of nitrogens with one attached hydrogen (secondary N) is 2.